The van der Waals surface area contributed by atoms with Gasteiger partial charge in [-0.3, -0.25) is 4.79 Å². The predicted octanol–water partition coefficient (Wildman–Crippen LogP) is 5.23. The van der Waals surface area contributed by atoms with Gasteiger partial charge in [0.15, 0.2) is 0 Å². The molecule has 0 aliphatic heterocycles. The third-order valence-electron chi connectivity index (χ3n) is 8.14. The van der Waals surface area contributed by atoms with Crippen molar-refractivity contribution in [2.75, 3.05) is 0 Å². The highest BCUT2D eigenvalue weighted by molar-refractivity contribution is 5.79. The summed E-state index contributed by atoms with van der Waals surface area (Å²) >= 11 is 0. The molecule has 6 atom stereocenters. The second-order valence-electron chi connectivity index (χ2n) is 8.63. The van der Waals surface area contributed by atoms with E-state index in [0.717, 1.165) is 30.6 Å². The molecule has 114 valence electrons. The summed E-state index contributed by atoms with van der Waals surface area (Å²) in [5, 5.41) is 0. The van der Waals surface area contributed by atoms with Crippen LogP contribution >= 0.6 is 0 Å². The van der Waals surface area contributed by atoms with E-state index >= 15 is 0 Å². The zero-order valence-electron chi connectivity index (χ0n) is 13.9. The predicted molar refractivity (Wildman–Crippen MR) is 83.5 cm³/mol. The minimum absolute atomic E-state index is 0.472. The number of Topliss-reactive ketones (excluding diaryl/α,β-unsaturated/α-hetero) is 1. The molecule has 0 bridgehead atoms. The summed E-state index contributed by atoms with van der Waals surface area (Å²) in [5.41, 5.74) is 1.04. The number of ketones is 1. The van der Waals surface area contributed by atoms with Gasteiger partial charge in [-0.2, -0.15) is 0 Å². The summed E-state index contributed by atoms with van der Waals surface area (Å²) in [6.07, 6.45) is 9.77. The van der Waals surface area contributed by atoms with Crippen LogP contribution in [0.1, 0.15) is 79.1 Å². The van der Waals surface area contributed by atoms with Crippen molar-refractivity contribution in [3.05, 3.63) is 0 Å². The van der Waals surface area contributed by atoms with Crippen LogP contribution in [-0.2, 0) is 4.79 Å². The quantitative estimate of drug-likeness (QED) is 0.640. The van der Waals surface area contributed by atoms with Crippen LogP contribution in [0.5, 0.6) is 0 Å². The highest BCUT2D eigenvalue weighted by Crippen LogP contribution is 2.62. The molecule has 1 unspecified atom stereocenters. The molecule has 3 saturated carbocycles. The van der Waals surface area contributed by atoms with Crippen LogP contribution in [0.3, 0.4) is 0 Å². The van der Waals surface area contributed by atoms with Gasteiger partial charge >= 0.3 is 0 Å². The van der Waals surface area contributed by atoms with Gasteiger partial charge in [-0.15, -0.1) is 0 Å². The van der Waals surface area contributed by atoms with Gasteiger partial charge in [0.05, 0.1) is 0 Å². The van der Waals surface area contributed by atoms with Gasteiger partial charge in [0.2, 0.25) is 0 Å². The van der Waals surface area contributed by atoms with Crippen LogP contribution in [-0.4, -0.2) is 5.78 Å². The molecule has 0 amide bonds. The summed E-state index contributed by atoms with van der Waals surface area (Å²) < 4.78 is 0. The average molecular weight is 276 g/mol. The maximum absolute atomic E-state index is 11.8. The first-order valence-electron chi connectivity index (χ1n) is 8.92. The molecule has 3 aliphatic carbocycles. The third-order valence-corrected chi connectivity index (χ3v) is 8.14. The standard InChI is InChI=1S/C19H32O/c1-5-18(3)10-9-17-16(13(18)2)7-6-14-12-15(20)8-11-19(14,17)4/h13-14,16-17H,5-12H2,1-4H3/t13-,14-,16?,17-,18-,19-/m0/s1. The zero-order chi connectivity index (χ0) is 14.5. The SMILES string of the molecule is CC[C@@]1(C)CC[C@H]2C(CC[C@H]3CC(=O)CC[C@@]32C)[C@@H]1C. The fourth-order valence-electron chi connectivity index (χ4n) is 6.10. The molecule has 0 heterocycles. The van der Waals surface area contributed by atoms with E-state index in [1.54, 1.807) is 0 Å². The van der Waals surface area contributed by atoms with Crippen molar-refractivity contribution >= 4 is 5.78 Å². The van der Waals surface area contributed by atoms with Crippen LogP contribution in [0, 0.1) is 34.5 Å². The molecule has 0 aromatic rings. The van der Waals surface area contributed by atoms with Gasteiger partial charge in [-0.1, -0.05) is 34.1 Å². The van der Waals surface area contributed by atoms with Crippen molar-refractivity contribution < 1.29 is 4.79 Å². The molecule has 0 radical (unpaired) electrons. The Labute approximate surface area is 124 Å². The number of fused-ring (bicyclic) bond motifs is 3. The fourth-order valence-corrected chi connectivity index (χ4v) is 6.10. The summed E-state index contributed by atoms with van der Waals surface area (Å²) in [4.78, 5) is 11.8. The lowest BCUT2D eigenvalue weighted by Gasteiger charge is -2.60. The van der Waals surface area contributed by atoms with Crippen molar-refractivity contribution in [1.29, 1.82) is 0 Å². The minimum Gasteiger partial charge on any atom is -0.300 e. The van der Waals surface area contributed by atoms with Gasteiger partial charge in [-0.25, -0.2) is 0 Å². The summed E-state index contributed by atoms with van der Waals surface area (Å²) in [7, 11) is 0. The van der Waals surface area contributed by atoms with Crippen molar-refractivity contribution in [3.63, 3.8) is 0 Å². The Bertz CT molecular complexity index is 401. The van der Waals surface area contributed by atoms with Crippen LogP contribution < -0.4 is 0 Å². The summed E-state index contributed by atoms with van der Waals surface area (Å²) in [5.74, 6) is 3.91. The van der Waals surface area contributed by atoms with Gasteiger partial charge in [0, 0.05) is 12.8 Å². The Balaban J connectivity index is 1.86. The number of hydrogen-bond donors (Lipinski definition) is 0. The third kappa shape index (κ3) is 1.99. The van der Waals surface area contributed by atoms with Gasteiger partial charge in [0.1, 0.15) is 5.78 Å². The monoisotopic (exact) mass is 276 g/mol. The first kappa shape index (κ1) is 14.6. The second-order valence-corrected chi connectivity index (χ2v) is 8.63. The first-order valence-corrected chi connectivity index (χ1v) is 8.92. The van der Waals surface area contributed by atoms with E-state index in [9.17, 15) is 4.79 Å². The lowest BCUT2D eigenvalue weighted by Crippen LogP contribution is -2.53. The largest absolute Gasteiger partial charge is 0.300 e. The minimum atomic E-state index is 0.472. The van der Waals surface area contributed by atoms with E-state index in [1.807, 2.05) is 0 Å². The fraction of sp³-hybridized carbons (Fsp3) is 0.947. The van der Waals surface area contributed by atoms with Crippen LogP contribution in [0.25, 0.3) is 0 Å². The van der Waals surface area contributed by atoms with Crippen LogP contribution in [0.15, 0.2) is 0 Å². The topological polar surface area (TPSA) is 17.1 Å². The average Bonchev–Trinajstić information content (AvgIpc) is 2.43. The molecule has 1 heteroatoms. The van der Waals surface area contributed by atoms with Gasteiger partial charge < -0.3 is 0 Å². The van der Waals surface area contributed by atoms with E-state index in [4.69, 9.17) is 0 Å². The number of carbonyl (C=O) groups excluding carboxylic acids is 1. The second kappa shape index (κ2) is 4.85. The maximum Gasteiger partial charge on any atom is 0.133 e. The zero-order valence-corrected chi connectivity index (χ0v) is 13.9. The Morgan fingerprint density at radius 3 is 2.60 bits per heavy atom. The molecule has 20 heavy (non-hydrogen) atoms. The maximum atomic E-state index is 11.8. The number of rotatable bonds is 1. The molecule has 3 fully saturated rings. The number of carbonyl (C=O) groups is 1. The normalized spacial score (nSPS) is 52.3. The van der Waals surface area contributed by atoms with Crippen molar-refractivity contribution in [3.8, 4) is 0 Å². The summed E-state index contributed by atoms with van der Waals surface area (Å²) in [6, 6.07) is 0. The van der Waals surface area contributed by atoms with Crippen LogP contribution in [0.4, 0.5) is 0 Å². The Kier molecular flexibility index (Phi) is 3.54. The Morgan fingerprint density at radius 1 is 1.15 bits per heavy atom. The molecule has 0 spiro atoms. The first-order chi connectivity index (χ1) is 9.40. The Morgan fingerprint density at radius 2 is 1.90 bits per heavy atom. The molecule has 1 nitrogen and oxygen atoms in total. The highest BCUT2D eigenvalue weighted by atomic mass is 16.1. The highest BCUT2D eigenvalue weighted by Gasteiger charge is 2.55. The smallest absolute Gasteiger partial charge is 0.133 e. The van der Waals surface area contributed by atoms with Crippen molar-refractivity contribution in [1.82, 2.24) is 0 Å². The van der Waals surface area contributed by atoms with E-state index in [1.165, 1.54) is 38.5 Å². The summed E-state index contributed by atoms with van der Waals surface area (Å²) in [6.45, 7) is 9.95. The molecule has 3 rings (SSSR count). The van der Waals surface area contributed by atoms with E-state index in [0.29, 0.717) is 22.5 Å². The van der Waals surface area contributed by atoms with Gasteiger partial charge in [0.25, 0.3) is 0 Å². The van der Waals surface area contributed by atoms with E-state index in [-0.39, 0.29) is 0 Å². The lowest BCUT2D eigenvalue weighted by atomic mass is 9.45. The van der Waals surface area contributed by atoms with Crippen molar-refractivity contribution in [2.45, 2.75) is 79.1 Å². The molecule has 0 aromatic carbocycles. The number of hydrogen-bond acceptors (Lipinski definition) is 1. The molecular weight excluding hydrogens is 244 g/mol. The molecule has 3 aliphatic rings. The van der Waals surface area contributed by atoms with Gasteiger partial charge in [-0.05, 0) is 66.6 Å². The molecule has 0 saturated heterocycles. The lowest BCUT2D eigenvalue weighted by molar-refractivity contribution is -0.138. The van der Waals surface area contributed by atoms with E-state index < -0.39 is 0 Å². The molecule has 0 N–H and O–H groups in total. The van der Waals surface area contributed by atoms with Crippen molar-refractivity contribution in [2.24, 2.45) is 34.5 Å². The molecular formula is C19H32O. The Hall–Kier alpha value is -0.330. The molecule has 0 aromatic heterocycles. The van der Waals surface area contributed by atoms with E-state index in [2.05, 4.69) is 27.7 Å². The van der Waals surface area contributed by atoms with Crippen LogP contribution in [0.2, 0.25) is 0 Å².